The average molecular weight is 229 g/mol. The monoisotopic (exact) mass is 229 g/mol. The van der Waals surface area contributed by atoms with Gasteiger partial charge in [-0.15, -0.1) is 0 Å². The predicted molar refractivity (Wildman–Crippen MR) is 70.0 cm³/mol. The van der Waals surface area contributed by atoms with E-state index in [0.29, 0.717) is 0 Å². The van der Waals surface area contributed by atoms with Crippen LogP contribution in [0.2, 0.25) is 0 Å². The molecule has 0 aliphatic carbocycles. The zero-order valence-corrected chi connectivity index (χ0v) is 10.6. The first-order valence-corrected chi connectivity index (χ1v) is 6.27. The molecule has 2 bridgehead atoms. The molecule has 1 radical (unpaired) electrons. The summed E-state index contributed by atoms with van der Waals surface area (Å²) < 4.78 is 5.65. The average Bonchev–Trinajstić information content (AvgIpc) is 2.57. The Morgan fingerprint density at radius 3 is 2.76 bits per heavy atom. The molecule has 1 aromatic carbocycles. The van der Waals surface area contributed by atoms with Gasteiger partial charge in [-0.3, -0.25) is 4.90 Å². The molecule has 3 rings (SSSR count). The van der Waals surface area contributed by atoms with Crippen LogP contribution < -0.4 is 10.1 Å². The summed E-state index contributed by atoms with van der Waals surface area (Å²) in [5.74, 6) is 1.08. The SMILES string of the molecule is Cc1c2ccc(CN3CCN(C)CC3)c1O[B]2. The van der Waals surface area contributed by atoms with Crippen molar-refractivity contribution in [1.29, 1.82) is 0 Å². The number of rotatable bonds is 2. The number of benzene rings is 1. The molecule has 17 heavy (non-hydrogen) atoms. The minimum absolute atomic E-state index is 1.01. The van der Waals surface area contributed by atoms with Crippen LogP contribution in [-0.4, -0.2) is 50.5 Å². The molecule has 1 fully saturated rings. The van der Waals surface area contributed by atoms with Crippen molar-refractivity contribution in [2.24, 2.45) is 0 Å². The van der Waals surface area contributed by atoms with Crippen LogP contribution in [0.15, 0.2) is 12.1 Å². The molecular weight excluding hydrogens is 211 g/mol. The van der Waals surface area contributed by atoms with E-state index >= 15 is 0 Å². The Morgan fingerprint density at radius 1 is 1.24 bits per heavy atom. The third kappa shape index (κ3) is 2.07. The second-order valence-electron chi connectivity index (χ2n) is 5.08. The fourth-order valence-corrected chi connectivity index (χ4v) is 2.55. The summed E-state index contributed by atoms with van der Waals surface area (Å²) in [6, 6.07) is 4.37. The zero-order chi connectivity index (χ0) is 11.8. The fraction of sp³-hybridized carbons (Fsp3) is 0.538. The molecular formula is C13H18BN2O. The van der Waals surface area contributed by atoms with Crippen molar-refractivity contribution in [3.63, 3.8) is 0 Å². The molecule has 0 amide bonds. The molecule has 4 heteroatoms. The first-order valence-electron chi connectivity index (χ1n) is 6.27. The van der Waals surface area contributed by atoms with Crippen molar-refractivity contribution in [3.8, 4) is 5.75 Å². The minimum Gasteiger partial charge on any atom is -0.557 e. The van der Waals surface area contributed by atoms with Gasteiger partial charge in [-0.2, -0.15) is 0 Å². The highest BCUT2D eigenvalue weighted by molar-refractivity contribution is 6.50. The molecule has 0 spiro atoms. The largest absolute Gasteiger partial charge is 0.557 e. The lowest BCUT2D eigenvalue weighted by Crippen LogP contribution is -2.43. The third-order valence-corrected chi connectivity index (χ3v) is 3.82. The Balaban J connectivity index is 1.73. The van der Waals surface area contributed by atoms with Gasteiger partial charge in [0.25, 0.3) is 0 Å². The van der Waals surface area contributed by atoms with Gasteiger partial charge in [-0.1, -0.05) is 12.1 Å². The molecule has 0 atom stereocenters. The smallest absolute Gasteiger partial charge is 0.409 e. The summed E-state index contributed by atoms with van der Waals surface area (Å²) in [5, 5.41) is 0. The van der Waals surface area contributed by atoms with Gasteiger partial charge in [0.05, 0.1) is 0 Å². The maximum absolute atomic E-state index is 5.65. The van der Waals surface area contributed by atoms with Crippen LogP contribution in [0.3, 0.4) is 0 Å². The Labute approximate surface area is 104 Å². The van der Waals surface area contributed by atoms with Crippen LogP contribution in [0.25, 0.3) is 0 Å². The highest BCUT2D eigenvalue weighted by atomic mass is 16.4. The van der Waals surface area contributed by atoms with E-state index in [2.05, 4.69) is 35.9 Å². The molecule has 1 aromatic rings. The normalized spacial score (nSPS) is 20.1. The van der Waals surface area contributed by atoms with Gasteiger partial charge in [0.1, 0.15) is 5.75 Å². The predicted octanol–water partition coefficient (Wildman–Crippen LogP) is 0.379. The Kier molecular flexibility index (Phi) is 2.85. The highest BCUT2D eigenvalue weighted by Gasteiger charge is 2.22. The molecule has 0 N–H and O–H groups in total. The van der Waals surface area contributed by atoms with E-state index in [9.17, 15) is 0 Å². The van der Waals surface area contributed by atoms with Crippen LogP contribution in [0.5, 0.6) is 5.75 Å². The number of piperazine rings is 1. The first-order chi connectivity index (χ1) is 8.24. The quantitative estimate of drug-likeness (QED) is 0.682. The number of hydrogen-bond donors (Lipinski definition) is 0. The summed E-state index contributed by atoms with van der Waals surface area (Å²) >= 11 is 0. The van der Waals surface area contributed by atoms with Crippen molar-refractivity contribution in [2.75, 3.05) is 33.2 Å². The van der Waals surface area contributed by atoms with Gasteiger partial charge in [-0.05, 0) is 25.0 Å². The van der Waals surface area contributed by atoms with Crippen LogP contribution in [-0.2, 0) is 6.54 Å². The minimum atomic E-state index is 1.01. The van der Waals surface area contributed by atoms with Crippen molar-refractivity contribution < 1.29 is 4.65 Å². The van der Waals surface area contributed by atoms with Crippen LogP contribution in [0, 0.1) is 6.92 Å². The van der Waals surface area contributed by atoms with E-state index in [1.165, 1.54) is 29.7 Å². The zero-order valence-electron chi connectivity index (χ0n) is 10.6. The Bertz CT molecular complexity index is 428. The topological polar surface area (TPSA) is 15.7 Å². The molecule has 0 aromatic heterocycles. The Hall–Kier alpha value is -0.995. The van der Waals surface area contributed by atoms with Crippen LogP contribution >= 0.6 is 0 Å². The second kappa shape index (κ2) is 4.35. The Morgan fingerprint density at radius 2 is 2.00 bits per heavy atom. The van der Waals surface area contributed by atoms with E-state index in [0.717, 1.165) is 25.4 Å². The van der Waals surface area contributed by atoms with Gasteiger partial charge in [0.15, 0.2) is 0 Å². The van der Waals surface area contributed by atoms with Crippen molar-refractivity contribution in [1.82, 2.24) is 9.80 Å². The van der Waals surface area contributed by atoms with Crippen molar-refractivity contribution in [3.05, 3.63) is 23.3 Å². The van der Waals surface area contributed by atoms with Crippen LogP contribution in [0.1, 0.15) is 11.1 Å². The summed E-state index contributed by atoms with van der Waals surface area (Å²) in [5.41, 5.74) is 3.84. The molecule has 89 valence electrons. The van der Waals surface area contributed by atoms with E-state index < -0.39 is 0 Å². The van der Waals surface area contributed by atoms with Gasteiger partial charge >= 0.3 is 7.48 Å². The second-order valence-corrected chi connectivity index (χ2v) is 5.08. The number of likely N-dealkylation sites (N-methyl/N-ethyl adjacent to an activating group) is 1. The number of hydrogen-bond acceptors (Lipinski definition) is 3. The van der Waals surface area contributed by atoms with Crippen LogP contribution in [0.4, 0.5) is 0 Å². The maximum Gasteiger partial charge on any atom is 0.409 e. The number of nitrogens with zero attached hydrogens (tertiary/aromatic N) is 2. The fourth-order valence-electron chi connectivity index (χ4n) is 2.55. The van der Waals surface area contributed by atoms with Gasteiger partial charge < -0.3 is 9.55 Å². The lowest BCUT2D eigenvalue weighted by atomic mass is 9.87. The van der Waals surface area contributed by atoms with E-state index in [4.69, 9.17) is 4.65 Å². The summed E-state index contributed by atoms with van der Waals surface area (Å²) in [4.78, 5) is 4.89. The molecule has 2 aliphatic heterocycles. The first kappa shape index (κ1) is 11.1. The van der Waals surface area contributed by atoms with Gasteiger partial charge in [-0.25, -0.2) is 0 Å². The maximum atomic E-state index is 5.65. The third-order valence-electron chi connectivity index (χ3n) is 3.82. The molecule has 0 saturated carbocycles. The molecule has 0 unspecified atom stereocenters. The van der Waals surface area contributed by atoms with E-state index in [1.54, 1.807) is 0 Å². The molecule has 2 aliphatic rings. The van der Waals surface area contributed by atoms with Crippen molar-refractivity contribution in [2.45, 2.75) is 13.5 Å². The van der Waals surface area contributed by atoms with Crippen molar-refractivity contribution >= 4 is 12.9 Å². The lowest BCUT2D eigenvalue weighted by Gasteiger charge is -2.32. The summed E-state index contributed by atoms with van der Waals surface area (Å²) in [7, 11) is 4.05. The molecule has 1 saturated heterocycles. The number of fused-ring (bicyclic) bond motifs is 2. The van der Waals surface area contributed by atoms with Gasteiger partial charge in [0.2, 0.25) is 0 Å². The summed E-state index contributed by atoms with van der Waals surface area (Å²) in [6.45, 7) is 7.79. The standard InChI is InChI=1S/C13H18BN2O/c1-10-12-4-3-11(13(10)17-14-12)9-16-7-5-15(2)6-8-16/h3-4H,5-9H2,1-2H3. The highest BCUT2D eigenvalue weighted by Crippen LogP contribution is 2.27. The summed E-state index contributed by atoms with van der Waals surface area (Å²) in [6.07, 6.45) is 0. The molecule has 2 heterocycles. The van der Waals surface area contributed by atoms with Gasteiger partial charge in [0, 0.05) is 38.3 Å². The molecule has 3 nitrogen and oxygen atoms in total. The van der Waals surface area contributed by atoms with E-state index in [-0.39, 0.29) is 0 Å². The van der Waals surface area contributed by atoms with E-state index in [1.807, 2.05) is 7.48 Å². The lowest BCUT2D eigenvalue weighted by molar-refractivity contribution is 0.147.